The number of nitrogens with one attached hydrogen (secondary N) is 2. The summed E-state index contributed by atoms with van der Waals surface area (Å²) in [5.41, 5.74) is 5.81. The third kappa shape index (κ3) is 6.24. The molecule has 0 aromatic heterocycles. The smallest absolute Gasteiger partial charge is 0.318 e. The van der Waals surface area contributed by atoms with E-state index in [-0.39, 0.29) is 0 Å². The van der Waals surface area contributed by atoms with Gasteiger partial charge in [0.15, 0.2) is 6.10 Å². The molecule has 0 aliphatic carbocycles. The number of nitrogens with two attached hydrogens (primary N) is 1. The third-order valence-electron chi connectivity index (χ3n) is 2.69. The molecular weight excluding hydrogens is 274 g/mol. The van der Waals surface area contributed by atoms with Crippen molar-refractivity contribution in [1.82, 2.24) is 10.6 Å². The molecule has 0 saturated carbocycles. The van der Waals surface area contributed by atoms with Crippen LogP contribution in [0, 0.1) is 0 Å². The Morgan fingerprint density at radius 2 is 2.05 bits per heavy atom. The Hall–Kier alpha value is -2.12. The minimum Gasteiger partial charge on any atom is -0.481 e. The average Bonchev–Trinajstić information content (AvgIpc) is 2.44. The van der Waals surface area contributed by atoms with Gasteiger partial charge in [-0.25, -0.2) is 4.79 Å². The number of urea groups is 1. The van der Waals surface area contributed by atoms with E-state index in [0.717, 1.165) is 5.56 Å². The highest BCUT2D eigenvalue weighted by atomic mass is 16.5. The molecule has 1 rings (SSSR count). The standard InChI is InChI=1S/C14H21N3O4/c1-10(13(18)17-14(15)19)21-12-6-4-3-5-11(12)9-16-7-8-20-2/h3-6,10,16H,7-9H2,1-2H3,(H3,15,17,18,19). The zero-order chi connectivity index (χ0) is 15.7. The molecule has 0 aliphatic heterocycles. The second-order valence-corrected chi connectivity index (χ2v) is 4.39. The molecule has 1 aromatic rings. The number of primary amides is 1. The fourth-order valence-corrected chi connectivity index (χ4v) is 1.63. The highest BCUT2D eigenvalue weighted by Crippen LogP contribution is 2.19. The first-order chi connectivity index (χ1) is 10.0. The molecule has 3 amide bonds. The lowest BCUT2D eigenvalue weighted by atomic mass is 10.2. The van der Waals surface area contributed by atoms with Crippen molar-refractivity contribution in [2.45, 2.75) is 19.6 Å². The fraction of sp³-hybridized carbons (Fsp3) is 0.429. The fourth-order valence-electron chi connectivity index (χ4n) is 1.63. The number of amides is 3. The number of imide groups is 1. The van der Waals surface area contributed by atoms with Gasteiger partial charge in [-0.3, -0.25) is 10.1 Å². The lowest BCUT2D eigenvalue weighted by Crippen LogP contribution is -2.42. The lowest BCUT2D eigenvalue weighted by Gasteiger charge is -2.16. The van der Waals surface area contributed by atoms with Gasteiger partial charge in [0.05, 0.1) is 6.61 Å². The minimum atomic E-state index is -0.898. The molecule has 0 radical (unpaired) electrons. The third-order valence-corrected chi connectivity index (χ3v) is 2.69. The number of carbonyl (C=O) groups excluding carboxylic acids is 2. The van der Waals surface area contributed by atoms with Crippen molar-refractivity contribution < 1.29 is 19.1 Å². The van der Waals surface area contributed by atoms with E-state index in [1.54, 1.807) is 20.1 Å². The number of carbonyl (C=O) groups is 2. The Morgan fingerprint density at radius 1 is 1.33 bits per heavy atom. The molecule has 0 spiro atoms. The number of rotatable bonds is 8. The topological polar surface area (TPSA) is 103 Å². The van der Waals surface area contributed by atoms with Gasteiger partial charge in [-0.1, -0.05) is 18.2 Å². The van der Waals surface area contributed by atoms with Crippen molar-refractivity contribution in [1.29, 1.82) is 0 Å². The van der Waals surface area contributed by atoms with Gasteiger partial charge in [-0.05, 0) is 13.0 Å². The van der Waals surface area contributed by atoms with Crippen LogP contribution in [-0.4, -0.2) is 38.3 Å². The quantitative estimate of drug-likeness (QED) is 0.602. The predicted molar refractivity (Wildman–Crippen MR) is 77.8 cm³/mol. The first-order valence-electron chi connectivity index (χ1n) is 6.59. The predicted octanol–water partition coefficient (Wildman–Crippen LogP) is 0.385. The molecule has 7 nitrogen and oxygen atoms in total. The molecule has 21 heavy (non-hydrogen) atoms. The molecule has 0 heterocycles. The summed E-state index contributed by atoms with van der Waals surface area (Å²) in [4.78, 5) is 22.2. The Morgan fingerprint density at radius 3 is 2.71 bits per heavy atom. The SMILES string of the molecule is COCCNCc1ccccc1OC(C)C(=O)NC(N)=O. The summed E-state index contributed by atoms with van der Waals surface area (Å²) in [5, 5.41) is 5.18. The van der Waals surface area contributed by atoms with E-state index in [1.807, 2.05) is 23.5 Å². The van der Waals surface area contributed by atoms with E-state index in [9.17, 15) is 9.59 Å². The van der Waals surface area contributed by atoms with E-state index in [4.69, 9.17) is 15.2 Å². The summed E-state index contributed by atoms with van der Waals surface area (Å²) in [6, 6.07) is 6.46. The van der Waals surface area contributed by atoms with E-state index >= 15 is 0 Å². The molecule has 1 atom stereocenters. The minimum absolute atomic E-state index is 0.578. The maximum absolute atomic E-state index is 11.6. The monoisotopic (exact) mass is 295 g/mol. The Labute approximate surface area is 123 Å². The van der Waals surface area contributed by atoms with Crippen LogP contribution in [0.15, 0.2) is 24.3 Å². The van der Waals surface area contributed by atoms with Crippen LogP contribution in [0.1, 0.15) is 12.5 Å². The average molecular weight is 295 g/mol. The second-order valence-electron chi connectivity index (χ2n) is 4.39. The van der Waals surface area contributed by atoms with Gasteiger partial charge in [0.1, 0.15) is 5.75 Å². The van der Waals surface area contributed by atoms with E-state index in [2.05, 4.69) is 5.32 Å². The molecule has 0 bridgehead atoms. The maximum Gasteiger partial charge on any atom is 0.318 e. The number of para-hydroxylation sites is 1. The van der Waals surface area contributed by atoms with Gasteiger partial charge in [0.25, 0.3) is 5.91 Å². The largest absolute Gasteiger partial charge is 0.481 e. The second kappa shape index (κ2) is 8.93. The van der Waals surface area contributed by atoms with E-state index < -0.39 is 18.0 Å². The molecule has 0 fully saturated rings. The van der Waals surface area contributed by atoms with Gasteiger partial charge in [-0.2, -0.15) is 0 Å². The maximum atomic E-state index is 11.6. The molecule has 0 saturated heterocycles. The van der Waals surface area contributed by atoms with Crippen LogP contribution in [0.4, 0.5) is 4.79 Å². The highest BCUT2D eigenvalue weighted by molar-refractivity contribution is 5.95. The van der Waals surface area contributed by atoms with Crippen molar-refractivity contribution in [2.24, 2.45) is 5.73 Å². The zero-order valence-electron chi connectivity index (χ0n) is 12.2. The summed E-state index contributed by atoms with van der Waals surface area (Å²) in [6.07, 6.45) is -0.822. The van der Waals surface area contributed by atoms with Crippen LogP contribution in [0.5, 0.6) is 5.75 Å². The highest BCUT2D eigenvalue weighted by Gasteiger charge is 2.17. The van der Waals surface area contributed by atoms with Gasteiger partial charge in [0, 0.05) is 25.8 Å². The number of hydrogen-bond donors (Lipinski definition) is 3. The van der Waals surface area contributed by atoms with Gasteiger partial charge in [0.2, 0.25) is 0 Å². The van der Waals surface area contributed by atoms with E-state index in [1.165, 1.54) is 0 Å². The lowest BCUT2D eigenvalue weighted by molar-refractivity contribution is -0.126. The van der Waals surface area contributed by atoms with Crippen molar-refractivity contribution in [3.63, 3.8) is 0 Å². The number of benzene rings is 1. The van der Waals surface area contributed by atoms with Crippen LogP contribution < -0.4 is 21.1 Å². The van der Waals surface area contributed by atoms with E-state index in [0.29, 0.717) is 25.4 Å². The van der Waals surface area contributed by atoms with Crippen LogP contribution in [0.2, 0.25) is 0 Å². The molecule has 1 unspecified atom stereocenters. The molecule has 116 valence electrons. The van der Waals surface area contributed by atoms with Crippen molar-refractivity contribution in [2.75, 3.05) is 20.3 Å². The Kier molecular flexibility index (Phi) is 7.20. The zero-order valence-corrected chi connectivity index (χ0v) is 12.2. The number of hydrogen-bond acceptors (Lipinski definition) is 5. The molecule has 1 aromatic carbocycles. The van der Waals surface area contributed by atoms with Crippen molar-refractivity contribution in [3.05, 3.63) is 29.8 Å². The van der Waals surface area contributed by atoms with Crippen molar-refractivity contribution >= 4 is 11.9 Å². The summed E-state index contributed by atoms with van der Waals surface area (Å²) in [5.74, 6) is -0.000757. The van der Waals surface area contributed by atoms with Gasteiger partial charge >= 0.3 is 6.03 Å². The Balaban J connectivity index is 2.61. The summed E-state index contributed by atoms with van der Waals surface area (Å²) < 4.78 is 10.5. The summed E-state index contributed by atoms with van der Waals surface area (Å²) >= 11 is 0. The first-order valence-corrected chi connectivity index (χ1v) is 6.59. The van der Waals surface area contributed by atoms with Crippen LogP contribution >= 0.6 is 0 Å². The van der Waals surface area contributed by atoms with Crippen molar-refractivity contribution in [3.8, 4) is 5.75 Å². The summed E-state index contributed by atoms with van der Waals surface area (Å²) in [6.45, 7) is 3.46. The van der Waals surface area contributed by atoms with Crippen LogP contribution in [-0.2, 0) is 16.1 Å². The van der Waals surface area contributed by atoms with Gasteiger partial charge in [-0.15, -0.1) is 0 Å². The number of methoxy groups -OCH3 is 1. The molecule has 7 heteroatoms. The normalized spacial score (nSPS) is 11.7. The molecule has 0 aliphatic rings. The Bertz CT molecular complexity index is 479. The molecule has 4 N–H and O–H groups in total. The first kappa shape index (κ1) is 16.9. The number of ether oxygens (including phenoxy) is 2. The van der Waals surface area contributed by atoms with Gasteiger partial charge < -0.3 is 20.5 Å². The van der Waals surface area contributed by atoms with Crippen LogP contribution in [0.25, 0.3) is 0 Å². The summed E-state index contributed by atoms with van der Waals surface area (Å²) in [7, 11) is 1.64. The van der Waals surface area contributed by atoms with Crippen LogP contribution in [0.3, 0.4) is 0 Å². The molecular formula is C14H21N3O4.